The van der Waals surface area contributed by atoms with Crippen LogP contribution in [0.1, 0.15) is 24.0 Å². The predicted molar refractivity (Wildman–Crippen MR) is 153 cm³/mol. The van der Waals surface area contributed by atoms with Gasteiger partial charge in [-0.15, -0.1) is 0 Å². The Balaban J connectivity index is 1.50. The van der Waals surface area contributed by atoms with Crippen molar-refractivity contribution in [1.29, 1.82) is 0 Å². The number of aromatic amines is 2. The van der Waals surface area contributed by atoms with Crippen LogP contribution in [0.25, 0.3) is 21.8 Å². The first-order valence-electron chi connectivity index (χ1n) is 13.0. The number of para-hydroxylation sites is 2. The molecule has 0 radical (unpaired) electrons. The zero-order valence-electron chi connectivity index (χ0n) is 21.9. The molecule has 0 saturated carbocycles. The molecule has 0 unspecified atom stereocenters. The lowest BCUT2D eigenvalue weighted by atomic mass is 10.0. The van der Waals surface area contributed by atoms with Gasteiger partial charge in [0, 0.05) is 47.2 Å². The molecule has 0 fully saturated rings. The Morgan fingerprint density at radius 1 is 0.825 bits per heavy atom. The molecule has 4 rings (SSSR count). The fourth-order valence-electron chi connectivity index (χ4n) is 4.67. The van der Waals surface area contributed by atoms with E-state index in [0.717, 1.165) is 32.9 Å². The maximum absolute atomic E-state index is 13.4. The molecule has 4 aromatic rings. The normalized spacial score (nSPS) is 13.4. The number of H-pyrrole nitrogens is 2. The van der Waals surface area contributed by atoms with Crippen LogP contribution in [0.15, 0.2) is 65.9 Å². The number of aromatic nitrogens is 2. The van der Waals surface area contributed by atoms with Gasteiger partial charge in [0.05, 0.1) is 6.04 Å². The summed E-state index contributed by atoms with van der Waals surface area (Å²) in [5, 5.41) is 16.9. The lowest BCUT2D eigenvalue weighted by Crippen LogP contribution is -2.55. The van der Waals surface area contributed by atoms with Gasteiger partial charge in [-0.3, -0.25) is 14.6 Å². The van der Waals surface area contributed by atoms with Gasteiger partial charge in [-0.2, -0.15) is 0 Å². The minimum atomic E-state index is -1.20. The van der Waals surface area contributed by atoms with E-state index in [2.05, 4.69) is 25.6 Å². The van der Waals surface area contributed by atoms with Crippen LogP contribution in [0.5, 0.6) is 0 Å². The first kappa shape index (κ1) is 28.2. The van der Waals surface area contributed by atoms with Crippen molar-refractivity contribution in [3.63, 3.8) is 0 Å². The Bertz CT molecular complexity index is 1520. The topological polar surface area (TPSA) is 217 Å². The number of carbonyl (C=O) groups excluding carboxylic acids is 2. The maximum atomic E-state index is 13.4. The monoisotopic (exact) mass is 546 g/mol. The Hall–Kier alpha value is -4.84. The summed E-state index contributed by atoms with van der Waals surface area (Å²) in [7, 11) is 0. The van der Waals surface area contributed by atoms with Crippen molar-refractivity contribution < 1.29 is 19.5 Å². The van der Waals surface area contributed by atoms with E-state index < -0.39 is 35.9 Å². The molecule has 40 heavy (non-hydrogen) atoms. The van der Waals surface area contributed by atoms with E-state index in [9.17, 15) is 19.5 Å². The van der Waals surface area contributed by atoms with Crippen LogP contribution in [-0.4, -0.2) is 63.5 Å². The van der Waals surface area contributed by atoms with Gasteiger partial charge in [0.2, 0.25) is 11.8 Å². The second-order valence-electron chi connectivity index (χ2n) is 9.64. The number of nitrogens with zero attached hydrogens (tertiary/aromatic N) is 1. The highest BCUT2D eigenvalue weighted by molar-refractivity contribution is 5.93. The van der Waals surface area contributed by atoms with E-state index >= 15 is 0 Å². The summed E-state index contributed by atoms with van der Waals surface area (Å²) in [4.78, 5) is 48.7. The highest BCUT2D eigenvalue weighted by atomic mass is 16.4. The van der Waals surface area contributed by atoms with Gasteiger partial charge in [-0.05, 0) is 42.5 Å². The fraction of sp³-hybridized carbons (Fsp3) is 0.286. The second-order valence-corrected chi connectivity index (χ2v) is 9.64. The molecule has 2 heterocycles. The number of hydrogen-bond acceptors (Lipinski definition) is 5. The Kier molecular flexibility index (Phi) is 9.02. The third-order valence-corrected chi connectivity index (χ3v) is 6.74. The van der Waals surface area contributed by atoms with Crippen molar-refractivity contribution in [1.82, 2.24) is 20.6 Å². The number of fused-ring (bicyclic) bond motifs is 2. The Morgan fingerprint density at radius 3 is 1.95 bits per heavy atom. The van der Waals surface area contributed by atoms with Gasteiger partial charge in [-0.25, -0.2) is 4.79 Å². The number of hydrogen-bond donors (Lipinski definition) is 8. The number of aliphatic carboxylic acids is 1. The molecule has 0 bridgehead atoms. The minimum absolute atomic E-state index is 0.0959. The van der Waals surface area contributed by atoms with Crippen LogP contribution in [-0.2, 0) is 27.2 Å². The number of benzene rings is 2. The van der Waals surface area contributed by atoms with Crippen molar-refractivity contribution in [3.05, 3.63) is 72.1 Å². The van der Waals surface area contributed by atoms with Crippen molar-refractivity contribution in [3.8, 4) is 0 Å². The van der Waals surface area contributed by atoms with E-state index in [1.165, 1.54) is 0 Å². The SMILES string of the molecule is NC(N)=NCCC[C@H](NC(=O)[C@H](Cc1c[nH]c2ccccc12)NC(=O)[C@@H](N)Cc1c[nH]c2ccccc12)C(=O)O. The van der Waals surface area contributed by atoms with Crippen LogP contribution in [0, 0.1) is 0 Å². The molecule has 210 valence electrons. The van der Waals surface area contributed by atoms with Crippen molar-refractivity contribution in [2.75, 3.05) is 6.54 Å². The van der Waals surface area contributed by atoms with E-state index in [4.69, 9.17) is 17.2 Å². The molecule has 0 aliphatic heterocycles. The zero-order valence-corrected chi connectivity index (χ0v) is 21.9. The molecular weight excluding hydrogens is 512 g/mol. The summed E-state index contributed by atoms with van der Waals surface area (Å²) in [6, 6.07) is 12.1. The second kappa shape index (κ2) is 12.8. The van der Waals surface area contributed by atoms with Crippen molar-refractivity contribution >= 4 is 45.5 Å². The number of carboxylic acid groups (broad SMARTS) is 1. The average molecular weight is 547 g/mol. The minimum Gasteiger partial charge on any atom is -0.480 e. The average Bonchev–Trinajstić information content (AvgIpc) is 3.53. The molecule has 2 aromatic heterocycles. The van der Waals surface area contributed by atoms with Gasteiger partial charge in [-0.1, -0.05) is 36.4 Å². The lowest BCUT2D eigenvalue weighted by molar-refractivity contribution is -0.142. The summed E-state index contributed by atoms with van der Waals surface area (Å²) in [5.74, 6) is -2.45. The molecule has 0 saturated heterocycles. The van der Waals surface area contributed by atoms with Crippen LogP contribution in [0.3, 0.4) is 0 Å². The number of rotatable bonds is 13. The highest BCUT2D eigenvalue weighted by Crippen LogP contribution is 2.21. The standard InChI is InChI=1S/C28H34N8O4/c29-20(12-16-14-33-21-8-3-1-6-18(16)21)25(37)36-24(13-17-15-34-22-9-4-2-7-19(17)22)26(38)35-23(27(39)40)10-5-11-32-28(30)31/h1-4,6-9,14-15,20,23-24,33-34H,5,10-13,29H2,(H,35,38)(H,36,37)(H,39,40)(H4,30,31,32)/t20-,23-,24-/m0/s1. The molecule has 12 nitrogen and oxygen atoms in total. The number of guanidine groups is 1. The quantitative estimate of drug-likeness (QED) is 0.0686. The van der Waals surface area contributed by atoms with Gasteiger partial charge in [0.15, 0.2) is 5.96 Å². The number of nitrogens with one attached hydrogen (secondary N) is 4. The van der Waals surface area contributed by atoms with E-state index in [0.29, 0.717) is 6.42 Å². The number of carbonyl (C=O) groups is 3. The molecule has 0 spiro atoms. The first-order valence-corrected chi connectivity index (χ1v) is 13.0. The summed E-state index contributed by atoms with van der Waals surface area (Å²) in [6.45, 7) is 0.222. The number of nitrogens with two attached hydrogens (primary N) is 3. The van der Waals surface area contributed by atoms with Crippen molar-refractivity contribution in [2.24, 2.45) is 22.2 Å². The smallest absolute Gasteiger partial charge is 0.326 e. The zero-order chi connectivity index (χ0) is 28.6. The summed E-state index contributed by atoms with van der Waals surface area (Å²) >= 11 is 0. The Labute approximate surface area is 230 Å². The van der Waals surface area contributed by atoms with E-state index in [1.54, 1.807) is 6.20 Å². The number of amides is 2. The van der Waals surface area contributed by atoms with E-state index in [-0.39, 0.29) is 31.8 Å². The van der Waals surface area contributed by atoms with Crippen LogP contribution < -0.4 is 27.8 Å². The number of aliphatic imine (C=N–C) groups is 1. The van der Waals surface area contributed by atoms with Gasteiger partial charge >= 0.3 is 5.97 Å². The molecule has 0 aliphatic carbocycles. The van der Waals surface area contributed by atoms with Gasteiger partial charge < -0.3 is 42.9 Å². The van der Waals surface area contributed by atoms with Gasteiger partial charge in [0.25, 0.3) is 0 Å². The van der Waals surface area contributed by atoms with Crippen molar-refractivity contribution in [2.45, 2.75) is 43.8 Å². The van der Waals surface area contributed by atoms with Gasteiger partial charge in [0.1, 0.15) is 12.1 Å². The predicted octanol–water partition coefficient (Wildman–Crippen LogP) is 0.870. The maximum Gasteiger partial charge on any atom is 0.326 e. The molecule has 2 amide bonds. The highest BCUT2D eigenvalue weighted by Gasteiger charge is 2.29. The summed E-state index contributed by atoms with van der Waals surface area (Å²) < 4.78 is 0. The number of carboxylic acids is 1. The summed E-state index contributed by atoms with van der Waals surface area (Å²) in [5.41, 5.74) is 20.4. The van der Waals surface area contributed by atoms with E-state index in [1.807, 2.05) is 54.7 Å². The molecule has 11 N–H and O–H groups in total. The fourth-order valence-corrected chi connectivity index (χ4v) is 4.67. The molecule has 3 atom stereocenters. The lowest BCUT2D eigenvalue weighted by Gasteiger charge is -2.23. The summed E-state index contributed by atoms with van der Waals surface area (Å²) in [6.07, 6.45) is 4.40. The first-order chi connectivity index (χ1) is 19.2. The third kappa shape index (κ3) is 6.97. The largest absolute Gasteiger partial charge is 0.480 e. The van der Waals surface area contributed by atoms with Crippen LogP contribution in [0.4, 0.5) is 0 Å². The molecule has 0 aliphatic rings. The molecular formula is C28H34N8O4. The third-order valence-electron chi connectivity index (χ3n) is 6.74. The van der Waals surface area contributed by atoms with Crippen LogP contribution >= 0.6 is 0 Å². The molecule has 12 heteroatoms. The van der Waals surface area contributed by atoms with Crippen LogP contribution in [0.2, 0.25) is 0 Å². The molecule has 2 aromatic carbocycles. The Morgan fingerprint density at radius 2 is 1.38 bits per heavy atom.